The van der Waals surface area contributed by atoms with Crippen LogP contribution in [-0.4, -0.2) is 18.4 Å². The molecule has 118 valence electrons. The SMILES string of the molecule is O=C(/C=C/c1ccccc1)NCC(=O)NCc1ccccc1Cl. The first-order chi connectivity index (χ1) is 11.1. The predicted molar refractivity (Wildman–Crippen MR) is 91.8 cm³/mol. The zero-order valence-electron chi connectivity index (χ0n) is 12.5. The Hall–Kier alpha value is -2.59. The summed E-state index contributed by atoms with van der Waals surface area (Å²) in [4.78, 5) is 23.4. The topological polar surface area (TPSA) is 58.2 Å². The van der Waals surface area contributed by atoms with E-state index in [0.29, 0.717) is 11.6 Å². The van der Waals surface area contributed by atoms with E-state index in [9.17, 15) is 9.59 Å². The Labute approximate surface area is 140 Å². The molecule has 0 aromatic heterocycles. The van der Waals surface area contributed by atoms with Crippen molar-refractivity contribution in [1.82, 2.24) is 10.6 Å². The van der Waals surface area contributed by atoms with Gasteiger partial charge in [0.2, 0.25) is 11.8 Å². The molecule has 0 radical (unpaired) electrons. The van der Waals surface area contributed by atoms with Crippen molar-refractivity contribution in [3.05, 3.63) is 76.8 Å². The summed E-state index contributed by atoms with van der Waals surface area (Å²) in [5.41, 5.74) is 1.75. The molecule has 4 nitrogen and oxygen atoms in total. The first-order valence-corrected chi connectivity index (χ1v) is 7.54. The smallest absolute Gasteiger partial charge is 0.244 e. The van der Waals surface area contributed by atoms with E-state index in [2.05, 4.69) is 10.6 Å². The third-order valence-electron chi connectivity index (χ3n) is 3.08. The van der Waals surface area contributed by atoms with Crippen LogP contribution < -0.4 is 10.6 Å². The van der Waals surface area contributed by atoms with Crippen molar-refractivity contribution in [3.8, 4) is 0 Å². The number of rotatable bonds is 6. The highest BCUT2D eigenvalue weighted by molar-refractivity contribution is 6.31. The minimum atomic E-state index is -0.318. The number of hydrogen-bond donors (Lipinski definition) is 2. The van der Waals surface area contributed by atoms with Crippen molar-refractivity contribution >= 4 is 29.5 Å². The summed E-state index contributed by atoms with van der Waals surface area (Å²) in [5.74, 6) is -0.590. The number of benzene rings is 2. The number of amides is 2. The molecule has 2 aromatic carbocycles. The predicted octanol–water partition coefficient (Wildman–Crippen LogP) is 2.79. The van der Waals surface area contributed by atoms with Gasteiger partial charge in [-0.05, 0) is 23.3 Å². The maximum atomic E-state index is 11.7. The molecule has 0 aliphatic rings. The molecule has 0 atom stereocenters. The Morgan fingerprint density at radius 1 is 0.957 bits per heavy atom. The molecule has 0 spiro atoms. The van der Waals surface area contributed by atoms with Crippen molar-refractivity contribution in [3.63, 3.8) is 0 Å². The van der Waals surface area contributed by atoms with Gasteiger partial charge in [0.25, 0.3) is 0 Å². The zero-order valence-corrected chi connectivity index (χ0v) is 13.2. The van der Waals surface area contributed by atoms with Crippen molar-refractivity contribution in [2.45, 2.75) is 6.54 Å². The van der Waals surface area contributed by atoms with Crippen LogP contribution in [0.4, 0.5) is 0 Å². The Bertz CT molecular complexity index is 699. The first-order valence-electron chi connectivity index (χ1n) is 7.16. The van der Waals surface area contributed by atoms with Crippen LogP contribution in [-0.2, 0) is 16.1 Å². The molecular weight excluding hydrogens is 312 g/mol. The van der Waals surface area contributed by atoms with E-state index in [-0.39, 0.29) is 18.4 Å². The highest BCUT2D eigenvalue weighted by atomic mass is 35.5. The second kappa shape index (κ2) is 8.76. The van der Waals surface area contributed by atoms with E-state index >= 15 is 0 Å². The molecule has 0 saturated carbocycles. The van der Waals surface area contributed by atoms with Crippen LogP contribution in [0.15, 0.2) is 60.7 Å². The number of carbonyl (C=O) groups excluding carboxylic acids is 2. The van der Waals surface area contributed by atoms with Gasteiger partial charge in [0.1, 0.15) is 0 Å². The Morgan fingerprint density at radius 2 is 1.65 bits per heavy atom. The summed E-state index contributed by atoms with van der Waals surface area (Å²) < 4.78 is 0. The molecule has 2 amide bonds. The van der Waals surface area contributed by atoms with Crippen molar-refractivity contribution in [2.24, 2.45) is 0 Å². The Balaban J connectivity index is 1.73. The third kappa shape index (κ3) is 5.96. The normalized spacial score (nSPS) is 10.5. The molecule has 0 fully saturated rings. The van der Waals surface area contributed by atoms with Gasteiger partial charge in [-0.25, -0.2) is 0 Å². The molecule has 0 unspecified atom stereocenters. The third-order valence-corrected chi connectivity index (χ3v) is 3.45. The summed E-state index contributed by atoms with van der Waals surface area (Å²) in [5, 5.41) is 5.84. The average molecular weight is 329 g/mol. The number of nitrogens with one attached hydrogen (secondary N) is 2. The minimum Gasteiger partial charge on any atom is -0.350 e. The lowest BCUT2D eigenvalue weighted by atomic mass is 10.2. The lowest BCUT2D eigenvalue weighted by molar-refractivity contribution is -0.124. The Morgan fingerprint density at radius 3 is 2.39 bits per heavy atom. The maximum absolute atomic E-state index is 11.7. The number of hydrogen-bond acceptors (Lipinski definition) is 2. The lowest BCUT2D eigenvalue weighted by Gasteiger charge is -2.07. The van der Waals surface area contributed by atoms with E-state index in [1.165, 1.54) is 6.08 Å². The van der Waals surface area contributed by atoms with Gasteiger partial charge in [-0.1, -0.05) is 60.1 Å². The molecule has 0 heterocycles. The van der Waals surface area contributed by atoms with Gasteiger partial charge in [-0.2, -0.15) is 0 Å². The van der Waals surface area contributed by atoms with E-state index in [1.807, 2.05) is 48.5 Å². The average Bonchev–Trinajstić information content (AvgIpc) is 2.58. The highest BCUT2D eigenvalue weighted by Gasteiger charge is 2.04. The van der Waals surface area contributed by atoms with Gasteiger partial charge in [0.05, 0.1) is 6.54 Å². The summed E-state index contributed by atoms with van der Waals surface area (Å²) in [7, 11) is 0. The Kier molecular flexibility index (Phi) is 6.39. The maximum Gasteiger partial charge on any atom is 0.244 e. The van der Waals surface area contributed by atoms with E-state index in [0.717, 1.165) is 11.1 Å². The van der Waals surface area contributed by atoms with E-state index in [4.69, 9.17) is 11.6 Å². The largest absolute Gasteiger partial charge is 0.350 e. The summed E-state index contributed by atoms with van der Waals surface area (Å²) >= 11 is 6.00. The second-order valence-electron chi connectivity index (χ2n) is 4.83. The molecule has 5 heteroatoms. The fourth-order valence-electron chi connectivity index (χ4n) is 1.86. The molecule has 0 saturated heterocycles. The van der Waals surface area contributed by atoms with Crippen LogP contribution in [0.5, 0.6) is 0 Å². The minimum absolute atomic E-state index is 0.0809. The van der Waals surface area contributed by atoms with Gasteiger partial charge < -0.3 is 10.6 Å². The van der Waals surface area contributed by atoms with Crippen LogP contribution >= 0.6 is 11.6 Å². The van der Waals surface area contributed by atoms with Crippen molar-refractivity contribution in [2.75, 3.05) is 6.54 Å². The summed E-state index contributed by atoms with van der Waals surface area (Å²) in [6.45, 7) is 0.247. The van der Waals surface area contributed by atoms with Gasteiger partial charge in [-0.3, -0.25) is 9.59 Å². The van der Waals surface area contributed by atoms with Crippen LogP contribution in [0.25, 0.3) is 6.08 Å². The zero-order chi connectivity index (χ0) is 16.5. The van der Waals surface area contributed by atoms with Crippen molar-refractivity contribution < 1.29 is 9.59 Å². The highest BCUT2D eigenvalue weighted by Crippen LogP contribution is 2.14. The van der Waals surface area contributed by atoms with E-state index < -0.39 is 0 Å². The number of halogens is 1. The summed E-state index contributed by atoms with van der Waals surface area (Å²) in [6.07, 6.45) is 3.09. The molecule has 2 rings (SSSR count). The quantitative estimate of drug-likeness (QED) is 0.801. The fourth-order valence-corrected chi connectivity index (χ4v) is 2.06. The van der Waals surface area contributed by atoms with E-state index in [1.54, 1.807) is 12.1 Å². The monoisotopic (exact) mass is 328 g/mol. The molecule has 2 aromatic rings. The van der Waals surface area contributed by atoms with Crippen LogP contribution in [0, 0.1) is 0 Å². The van der Waals surface area contributed by atoms with Gasteiger partial charge in [-0.15, -0.1) is 0 Å². The molecule has 0 bridgehead atoms. The van der Waals surface area contributed by atoms with Crippen molar-refractivity contribution in [1.29, 1.82) is 0 Å². The molecule has 0 aliphatic heterocycles. The molecule has 2 N–H and O–H groups in total. The first kappa shape index (κ1) is 16.8. The van der Waals surface area contributed by atoms with Gasteiger partial charge >= 0.3 is 0 Å². The second-order valence-corrected chi connectivity index (χ2v) is 5.24. The fraction of sp³-hybridized carbons (Fsp3) is 0.111. The van der Waals surface area contributed by atoms with Crippen LogP contribution in [0.1, 0.15) is 11.1 Å². The number of carbonyl (C=O) groups is 2. The van der Waals surface area contributed by atoms with Crippen LogP contribution in [0.3, 0.4) is 0 Å². The molecule has 0 aliphatic carbocycles. The summed E-state index contributed by atoms with van der Waals surface area (Å²) in [6, 6.07) is 16.7. The lowest BCUT2D eigenvalue weighted by Crippen LogP contribution is -2.35. The molecule has 23 heavy (non-hydrogen) atoms. The van der Waals surface area contributed by atoms with Gasteiger partial charge in [0, 0.05) is 17.6 Å². The van der Waals surface area contributed by atoms with Gasteiger partial charge in [0.15, 0.2) is 0 Å². The van der Waals surface area contributed by atoms with Crippen LogP contribution in [0.2, 0.25) is 5.02 Å². The molecular formula is C18H17ClN2O2. The standard InChI is InChI=1S/C18H17ClN2O2/c19-16-9-5-4-8-15(16)12-20-18(23)13-21-17(22)11-10-14-6-2-1-3-7-14/h1-11H,12-13H2,(H,20,23)(H,21,22)/b11-10+.